The van der Waals surface area contributed by atoms with Crippen molar-refractivity contribution in [2.75, 3.05) is 23.3 Å². The standard InChI is InChI=1S/C31H24F3N9O5/c1-30(2,29(48)38-18-9-20(31(32,33)34)21(10-35)36-12-18)42-15-16(11-37-42)3-4-17-13-41(14-17)23-7-5-19-25(39-23)28(47)43(27(19)46)22-6-8-24(44)40-26(22)45/h5,7,9,11-12,15,17,22H,6,8,13-14H2,1-2H3,(H,38,48)(H,40,44,45). The summed E-state index contributed by atoms with van der Waals surface area (Å²) in [5.41, 5.74) is -3.14. The van der Waals surface area contributed by atoms with Crippen LogP contribution in [0.4, 0.5) is 24.7 Å². The predicted molar refractivity (Wildman–Crippen MR) is 158 cm³/mol. The minimum absolute atomic E-state index is 0.0133. The Balaban J connectivity index is 1.08. The Hall–Kier alpha value is -6.10. The van der Waals surface area contributed by atoms with Gasteiger partial charge in [0.05, 0.1) is 40.7 Å². The molecular formula is C31H24F3N9O5. The van der Waals surface area contributed by atoms with Gasteiger partial charge in [-0.25, -0.2) is 9.97 Å². The van der Waals surface area contributed by atoms with Crippen molar-refractivity contribution in [2.24, 2.45) is 5.92 Å². The Morgan fingerprint density at radius 3 is 2.54 bits per heavy atom. The number of carbonyl (C=O) groups is 5. The van der Waals surface area contributed by atoms with Gasteiger partial charge in [0.25, 0.3) is 17.7 Å². The summed E-state index contributed by atoms with van der Waals surface area (Å²) in [6, 6.07) is 4.04. The van der Waals surface area contributed by atoms with Crippen LogP contribution >= 0.6 is 0 Å². The first-order chi connectivity index (χ1) is 22.7. The molecule has 2 saturated heterocycles. The van der Waals surface area contributed by atoms with Crippen LogP contribution in [0, 0.1) is 29.1 Å². The van der Waals surface area contributed by atoms with E-state index in [1.165, 1.54) is 43.1 Å². The molecule has 1 atom stereocenters. The fraction of sp³-hybridized carbons (Fsp3) is 0.323. The molecule has 3 aliphatic rings. The molecule has 0 radical (unpaired) electrons. The molecule has 2 fully saturated rings. The Morgan fingerprint density at radius 2 is 1.85 bits per heavy atom. The van der Waals surface area contributed by atoms with Crippen LogP contribution in [0.25, 0.3) is 0 Å². The summed E-state index contributed by atoms with van der Waals surface area (Å²) in [7, 11) is 0. The number of alkyl halides is 3. The van der Waals surface area contributed by atoms with Crippen molar-refractivity contribution in [3.05, 3.63) is 64.9 Å². The number of halogens is 3. The smallest absolute Gasteiger partial charge is 0.354 e. The van der Waals surface area contributed by atoms with Crippen molar-refractivity contribution < 1.29 is 37.1 Å². The van der Waals surface area contributed by atoms with Crippen molar-refractivity contribution >= 4 is 41.0 Å². The van der Waals surface area contributed by atoms with Crippen LogP contribution in [0.5, 0.6) is 0 Å². The number of fused-ring (bicyclic) bond motifs is 1. The minimum Gasteiger partial charge on any atom is -0.354 e. The Bertz CT molecular complexity index is 2020. The van der Waals surface area contributed by atoms with Crippen LogP contribution in [0.15, 0.2) is 36.8 Å². The highest BCUT2D eigenvalue weighted by atomic mass is 19.4. The number of rotatable bonds is 5. The quantitative estimate of drug-likeness (QED) is 0.303. The summed E-state index contributed by atoms with van der Waals surface area (Å²) in [5.74, 6) is 3.30. The third-order valence-electron chi connectivity index (χ3n) is 8.17. The fourth-order valence-electron chi connectivity index (χ4n) is 5.37. The molecule has 0 bridgehead atoms. The van der Waals surface area contributed by atoms with E-state index in [0.717, 1.165) is 11.1 Å². The third kappa shape index (κ3) is 5.70. The van der Waals surface area contributed by atoms with Crippen LogP contribution in [0.2, 0.25) is 0 Å². The van der Waals surface area contributed by atoms with Crippen molar-refractivity contribution in [1.29, 1.82) is 5.26 Å². The largest absolute Gasteiger partial charge is 0.419 e. The van der Waals surface area contributed by atoms with Gasteiger partial charge in [-0.15, -0.1) is 0 Å². The SMILES string of the molecule is CC(C)(C(=O)Nc1cnc(C#N)c(C(F)(F)F)c1)n1cc(C#CC2CN(c3ccc4c(n3)C(=O)N(C3CCC(=O)NC3=O)C4=O)C2)cn1. The molecule has 0 aromatic carbocycles. The number of aromatic nitrogens is 4. The lowest BCUT2D eigenvalue weighted by atomic mass is 10.0. The zero-order chi connectivity index (χ0) is 34.5. The van der Waals surface area contributed by atoms with Gasteiger partial charge in [0, 0.05) is 25.7 Å². The lowest BCUT2D eigenvalue weighted by Gasteiger charge is -2.37. The number of imide groups is 2. The second kappa shape index (κ2) is 11.6. The second-order valence-corrected chi connectivity index (χ2v) is 11.8. The first-order valence-corrected chi connectivity index (χ1v) is 14.5. The molecule has 17 heteroatoms. The number of hydrogen-bond acceptors (Lipinski definition) is 10. The van der Waals surface area contributed by atoms with E-state index in [2.05, 4.69) is 37.5 Å². The van der Waals surface area contributed by atoms with Gasteiger partial charge in [-0.1, -0.05) is 11.8 Å². The number of hydrogen-bond donors (Lipinski definition) is 2. The average Bonchev–Trinajstić information content (AvgIpc) is 3.59. The molecule has 244 valence electrons. The molecule has 3 aromatic heterocycles. The molecule has 3 aromatic rings. The zero-order valence-corrected chi connectivity index (χ0v) is 25.3. The monoisotopic (exact) mass is 659 g/mol. The average molecular weight is 660 g/mol. The summed E-state index contributed by atoms with van der Waals surface area (Å²) in [4.78, 5) is 73.4. The van der Waals surface area contributed by atoms with Crippen molar-refractivity contribution in [1.82, 2.24) is 30.0 Å². The van der Waals surface area contributed by atoms with Crippen molar-refractivity contribution in [3.63, 3.8) is 0 Å². The van der Waals surface area contributed by atoms with Crippen LogP contribution in [-0.2, 0) is 26.1 Å². The molecule has 0 aliphatic carbocycles. The molecule has 1 unspecified atom stereocenters. The topological polar surface area (TPSA) is 183 Å². The van der Waals surface area contributed by atoms with Gasteiger partial charge in [0.2, 0.25) is 11.8 Å². The zero-order valence-electron chi connectivity index (χ0n) is 25.3. The summed E-state index contributed by atoms with van der Waals surface area (Å²) in [5, 5.41) is 17.7. The molecule has 6 rings (SSSR count). The van der Waals surface area contributed by atoms with Gasteiger partial charge in [-0.05, 0) is 38.5 Å². The number of amides is 5. The van der Waals surface area contributed by atoms with Crippen molar-refractivity contribution in [2.45, 2.75) is 44.4 Å². The minimum atomic E-state index is -4.83. The summed E-state index contributed by atoms with van der Waals surface area (Å²) >= 11 is 0. The van der Waals surface area contributed by atoms with E-state index in [9.17, 15) is 37.1 Å². The highest BCUT2D eigenvalue weighted by molar-refractivity contribution is 6.22. The number of pyridine rings is 2. The van der Waals surface area contributed by atoms with Gasteiger partial charge < -0.3 is 10.2 Å². The predicted octanol–water partition coefficient (Wildman–Crippen LogP) is 1.83. The first-order valence-electron chi connectivity index (χ1n) is 14.5. The van der Waals surface area contributed by atoms with Gasteiger partial charge in [-0.3, -0.25) is 38.9 Å². The lowest BCUT2D eigenvalue weighted by molar-refractivity contribution is -0.138. The van der Waals surface area contributed by atoms with Crippen LogP contribution in [0.3, 0.4) is 0 Å². The number of carbonyl (C=O) groups excluding carboxylic acids is 5. The van der Waals surface area contributed by atoms with E-state index in [4.69, 9.17) is 5.26 Å². The van der Waals surface area contributed by atoms with Crippen LogP contribution in [0.1, 0.15) is 64.4 Å². The van der Waals surface area contributed by atoms with E-state index >= 15 is 0 Å². The first kappa shape index (κ1) is 31.9. The maximum absolute atomic E-state index is 13.3. The van der Waals surface area contributed by atoms with E-state index in [1.54, 1.807) is 6.07 Å². The van der Waals surface area contributed by atoms with Gasteiger partial charge in [0.1, 0.15) is 29.2 Å². The molecule has 6 heterocycles. The Labute approximate surface area is 269 Å². The maximum Gasteiger partial charge on any atom is 0.419 e. The molecule has 0 saturated carbocycles. The highest BCUT2D eigenvalue weighted by Crippen LogP contribution is 2.33. The molecule has 0 spiro atoms. The van der Waals surface area contributed by atoms with E-state index in [0.29, 0.717) is 30.5 Å². The normalized spacial score (nSPS) is 18.0. The van der Waals surface area contributed by atoms with E-state index in [1.807, 2.05) is 4.90 Å². The molecule has 2 N–H and O–H groups in total. The van der Waals surface area contributed by atoms with Crippen molar-refractivity contribution in [3.8, 4) is 17.9 Å². The van der Waals surface area contributed by atoms with E-state index < -0.39 is 58.6 Å². The summed E-state index contributed by atoms with van der Waals surface area (Å²) in [6.45, 7) is 3.98. The van der Waals surface area contributed by atoms with E-state index in [-0.39, 0.29) is 35.7 Å². The second-order valence-electron chi connectivity index (χ2n) is 11.8. The fourth-order valence-corrected chi connectivity index (χ4v) is 5.37. The maximum atomic E-state index is 13.3. The molecule has 48 heavy (non-hydrogen) atoms. The molecular weight excluding hydrogens is 635 g/mol. The summed E-state index contributed by atoms with van der Waals surface area (Å²) in [6.07, 6.45) is -0.835. The third-order valence-corrected chi connectivity index (χ3v) is 8.17. The Kier molecular flexibility index (Phi) is 7.71. The number of nitriles is 1. The molecule has 3 aliphatic heterocycles. The number of anilines is 2. The van der Waals surface area contributed by atoms with Gasteiger partial charge in [-0.2, -0.15) is 23.5 Å². The van der Waals surface area contributed by atoms with Crippen LogP contribution < -0.4 is 15.5 Å². The number of nitrogens with one attached hydrogen (secondary N) is 2. The van der Waals surface area contributed by atoms with Gasteiger partial charge >= 0.3 is 6.18 Å². The van der Waals surface area contributed by atoms with Crippen LogP contribution in [-0.4, -0.2) is 73.3 Å². The highest BCUT2D eigenvalue weighted by Gasteiger charge is 2.46. The summed E-state index contributed by atoms with van der Waals surface area (Å²) < 4.78 is 41.2. The lowest BCUT2D eigenvalue weighted by Crippen LogP contribution is -2.54. The number of nitrogens with zero attached hydrogens (tertiary/aromatic N) is 7. The molecule has 14 nitrogen and oxygen atoms in total. The Morgan fingerprint density at radius 1 is 1.10 bits per heavy atom. The number of piperidine rings is 1. The molecule has 5 amide bonds. The van der Waals surface area contributed by atoms with Gasteiger partial charge in [0.15, 0.2) is 5.69 Å².